The number of thiol groups is 1. The van der Waals surface area contributed by atoms with Gasteiger partial charge in [-0.05, 0) is 6.42 Å². The molecule has 0 unspecified atom stereocenters. The fraction of sp³-hybridized carbons (Fsp3) is 0.750. The van der Waals surface area contributed by atoms with Gasteiger partial charge in [-0.3, -0.25) is 9.35 Å². The van der Waals surface area contributed by atoms with Crippen molar-refractivity contribution in [3.05, 3.63) is 0 Å². The first-order chi connectivity index (χ1) is 4.50. The minimum atomic E-state index is -3.12. The molecule has 6 heteroatoms. The molecule has 1 amide bonds. The van der Waals surface area contributed by atoms with Crippen LogP contribution in [0.15, 0.2) is 0 Å². The molecular weight excluding hydrogens is 158 g/mol. The first-order valence-corrected chi connectivity index (χ1v) is 3.75. The summed E-state index contributed by atoms with van der Waals surface area (Å²) in [5, 5.41) is 0. The Morgan fingerprint density at radius 3 is 1.90 bits per heavy atom. The smallest absolute Gasteiger partial charge is 0.254 e. The zero-order valence-electron chi connectivity index (χ0n) is 5.61. The van der Waals surface area contributed by atoms with E-state index in [9.17, 15) is 4.79 Å². The number of hydrogen-bond donors (Lipinski definition) is 3. The Labute approximate surface area is 61.0 Å². The number of primary amides is 1. The Balaban J connectivity index is 0. The molecule has 10 heavy (non-hydrogen) atoms. The molecule has 0 atom stereocenters. The highest BCUT2D eigenvalue weighted by Crippen LogP contribution is 1.79. The maximum Gasteiger partial charge on any atom is 0.254 e. The van der Waals surface area contributed by atoms with E-state index in [4.69, 9.17) is 18.7 Å². The van der Waals surface area contributed by atoms with Crippen molar-refractivity contribution >= 4 is 16.9 Å². The molecule has 5 nitrogen and oxygen atoms in total. The first kappa shape index (κ1) is 12.1. The van der Waals surface area contributed by atoms with Crippen molar-refractivity contribution in [1.82, 2.24) is 0 Å². The summed E-state index contributed by atoms with van der Waals surface area (Å²) in [6.45, 7) is 1.92. The lowest BCUT2D eigenvalue weighted by Gasteiger charge is -1.81. The van der Waals surface area contributed by atoms with E-state index in [-0.39, 0.29) is 5.91 Å². The van der Waals surface area contributed by atoms with Gasteiger partial charge >= 0.3 is 0 Å². The molecule has 0 radical (unpaired) electrons. The molecule has 0 aliphatic carbocycles. The zero-order chi connectivity index (χ0) is 8.57. The Kier molecular flexibility index (Phi) is 10.1. The highest BCUT2D eigenvalue weighted by Gasteiger charge is 1.84. The topological polar surface area (TPSA) is 97.5 Å². The average Bonchev–Trinajstić information content (AvgIpc) is 1.62. The van der Waals surface area contributed by atoms with Gasteiger partial charge in [0.1, 0.15) is 0 Å². The minimum absolute atomic E-state index is 0.211. The second-order valence-electron chi connectivity index (χ2n) is 1.45. The summed E-state index contributed by atoms with van der Waals surface area (Å²) in [6, 6.07) is 0. The van der Waals surface area contributed by atoms with Crippen molar-refractivity contribution in [3.8, 4) is 0 Å². The molecule has 0 aromatic carbocycles. The molecule has 0 saturated heterocycles. The number of carbonyl (C=O) groups is 1. The fourth-order valence-electron chi connectivity index (χ4n) is 0.246. The van der Waals surface area contributed by atoms with Crippen LogP contribution in [0.2, 0.25) is 0 Å². The van der Waals surface area contributed by atoms with E-state index >= 15 is 0 Å². The SMILES string of the molecule is CCCC(N)=O.O=[SH](=O)O. The van der Waals surface area contributed by atoms with Crippen LogP contribution in [0.25, 0.3) is 0 Å². The van der Waals surface area contributed by atoms with Gasteiger partial charge in [0.25, 0.3) is 11.0 Å². The molecule has 62 valence electrons. The van der Waals surface area contributed by atoms with Crippen molar-refractivity contribution in [2.75, 3.05) is 0 Å². The first-order valence-electron chi connectivity index (χ1n) is 2.62. The molecule has 0 spiro atoms. The maximum atomic E-state index is 9.82. The van der Waals surface area contributed by atoms with Crippen LogP contribution in [0, 0.1) is 0 Å². The number of nitrogens with two attached hydrogens (primary N) is 1. The highest BCUT2D eigenvalue weighted by molar-refractivity contribution is 7.66. The lowest BCUT2D eigenvalue weighted by Crippen LogP contribution is -2.08. The Morgan fingerprint density at radius 1 is 1.60 bits per heavy atom. The molecule has 0 aliphatic heterocycles. The van der Waals surface area contributed by atoms with Gasteiger partial charge in [0.05, 0.1) is 0 Å². The normalized spacial score (nSPS) is 8.30. The quantitative estimate of drug-likeness (QED) is 0.377. The van der Waals surface area contributed by atoms with Crippen LogP contribution in [0.3, 0.4) is 0 Å². The Bertz CT molecular complexity index is 145. The van der Waals surface area contributed by atoms with E-state index in [1.807, 2.05) is 6.92 Å². The molecular formula is C4H11NO4S. The third kappa shape index (κ3) is 53.0. The van der Waals surface area contributed by atoms with Gasteiger partial charge in [-0.2, -0.15) is 0 Å². The number of hydrogen-bond acceptors (Lipinski definition) is 3. The monoisotopic (exact) mass is 169 g/mol. The summed E-state index contributed by atoms with van der Waals surface area (Å²) in [5.41, 5.74) is 4.76. The lowest BCUT2D eigenvalue weighted by atomic mass is 10.3. The Morgan fingerprint density at radius 2 is 1.90 bits per heavy atom. The van der Waals surface area contributed by atoms with Gasteiger partial charge in [0.2, 0.25) is 5.91 Å². The van der Waals surface area contributed by atoms with Gasteiger partial charge in [0, 0.05) is 6.42 Å². The van der Waals surface area contributed by atoms with Crippen LogP contribution in [0.4, 0.5) is 0 Å². The van der Waals surface area contributed by atoms with Gasteiger partial charge in [-0.1, -0.05) is 6.92 Å². The molecule has 3 N–H and O–H groups in total. The fourth-order valence-corrected chi connectivity index (χ4v) is 0.246. The molecule has 0 saturated carbocycles. The highest BCUT2D eigenvalue weighted by atomic mass is 32.2. The Hall–Kier alpha value is -0.620. The summed E-state index contributed by atoms with van der Waals surface area (Å²) < 4.78 is 24.2. The third-order valence-electron chi connectivity index (χ3n) is 0.496. The molecule has 0 aromatic heterocycles. The van der Waals surface area contributed by atoms with Crippen LogP contribution in [0.1, 0.15) is 19.8 Å². The van der Waals surface area contributed by atoms with E-state index in [1.54, 1.807) is 0 Å². The van der Waals surface area contributed by atoms with Crippen LogP contribution < -0.4 is 5.73 Å². The molecule has 0 aliphatic rings. The van der Waals surface area contributed by atoms with E-state index in [2.05, 4.69) is 0 Å². The molecule has 0 aromatic rings. The zero-order valence-corrected chi connectivity index (χ0v) is 6.51. The van der Waals surface area contributed by atoms with Gasteiger partial charge in [-0.25, -0.2) is 8.42 Å². The molecule has 0 rings (SSSR count). The van der Waals surface area contributed by atoms with Gasteiger partial charge in [0.15, 0.2) is 0 Å². The summed E-state index contributed by atoms with van der Waals surface area (Å²) >= 11 is 0. The second-order valence-corrected chi connectivity index (χ2v) is 1.93. The molecule has 0 bridgehead atoms. The molecule has 0 fully saturated rings. The van der Waals surface area contributed by atoms with E-state index in [0.29, 0.717) is 6.42 Å². The van der Waals surface area contributed by atoms with Crippen molar-refractivity contribution in [2.45, 2.75) is 19.8 Å². The van der Waals surface area contributed by atoms with E-state index in [1.165, 1.54) is 0 Å². The van der Waals surface area contributed by atoms with Crippen LogP contribution in [-0.2, 0) is 15.8 Å². The standard InChI is InChI=1S/C4H9NO.H2O3S/c1-2-3-4(5)6;1-4(2)3/h2-3H2,1H3,(H2,5,6);4H,(H,1,2,3). The number of rotatable bonds is 2. The second kappa shape index (κ2) is 8.38. The predicted molar refractivity (Wildman–Crippen MR) is 37.0 cm³/mol. The maximum absolute atomic E-state index is 9.82. The summed E-state index contributed by atoms with van der Waals surface area (Å²) in [6.07, 6.45) is 1.37. The number of amides is 1. The van der Waals surface area contributed by atoms with Crippen molar-refractivity contribution in [3.63, 3.8) is 0 Å². The summed E-state index contributed by atoms with van der Waals surface area (Å²) in [7, 11) is -3.12. The van der Waals surface area contributed by atoms with Crippen LogP contribution >= 0.6 is 0 Å². The minimum Gasteiger partial charge on any atom is -0.370 e. The predicted octanol–water partition coefficient (Wildman–Crippen LogP) is -0.657. The van der Waals surface area contributed by atoms with Crippen molar-refractivity contribution in [2.24, 2.45) is 5.73 Å². The third-order valence-corrected chi connectivity index (χ3v) is 0.496. The average molecular weight is 169 g/mol. The van der Waals surface area contributed by atoms with Crippen molar-refractivity contribution < 1.29 is 17.8 Å². The lowest BCUT2D eigenvalue weighted by molar-refractivity contribution is -0.118. The summed E-state index contributed by atoms with van der Waals surface area (Å²) in [5.74, 6) is -0.211. The van der Waals surface area contributed by atoms with E-state index in [0.717, 1.165) is 6.42 Å². The van der Waals surface area contributed by atoms with Crippen LogP contribution in [0.5, 0.6) is 0 Å². The molecule has 0 heterocycles. The van der Waals surface area contributed by atoms with Crippen molar-refractivity contribution in [1.29, 1.82) is 0 Å². The van der Waals surface area contributed by atoms with Gasteiger partial charge in [-0.15, -0.1) is 0 Å². The van der Waals surface area contributed by atoms with Gasteiger partial charge < -0.3 is 5.73 Å². The van der Waals surface area contributed by atoms with Crippen LogP contribution in [-0.4, -0.2) is 18.9 Å². The summed E-state index contributed by atoms with van der Waals surface area (Å²) in [4.78, 5) is 9.82. The number of carbonyl (C=O) groups excluding carboxylic acids is 1. The van der Waals surface area contributed by atoms with E-state index < -0.39 is 11.0 Å². The largest absolute Gasteiger partial charge is 0.370 e.